The van der Waals surface area contributed by atoms with E-state index < -0.39 is 6.10 Å². The number of aliphatic hydroxyl groups is 1. The number of aliphatic hydroxyl groups excluding tert-OH is 1. The minimum atomic E-state index is -0.513. The van der Waals surface area contributed by atoms with Gasteiger partial charge in [-0.15, -0.1) is 0 Å². The Bertz CT molecular complexity index is 684. The summed E-state index contributed by atoms with van der Waals surface area (Å²) in [5.41, 5.74) is 0.695. The van der Waals surface area contributed by atoms with Crippen molar-refractivity contribution in [3.63, 3.8) is 0 Å². The third kappa shape index (κ3) is 8.17. The Morgan fingerprint density at radius 3 is 2.77 bits per heavy atom. The number of morpholine rings is 1. The zero-order chi connectivity index (χ0) is 21.9. The van der Waals surface area contributed by atoms with Gasteiger partial charge < -0.3 is 25.2 Å². The van der Waals surface area contributed by atoms with Crippen LogP contribution in [0, 0.1) is 0 Å². The minimum absolute atomic E-state index is 0.0405. The lowest BCUT2D eigenvalue weighted by atomic mass is 9.96. The third-order valence-corrected chi connectivity index (χ3v) is 5.70. The maximum atomic E-state index is 12.3. The van der Waals surface area contributed by atoms with Crippen molar-refractivity contribution < 1.29 is 24.2 Å². The molecule has 0 aromatic carbocycles. The number of carbonyl (C=O) groups is 2. The number of amides is 2. The quantitative estimate of drug-likeness (QED) is 0.440. The molecular weight excluding hydrogens is 400 g/mol. The summed E-state index contributed by atoms with van der Waals surface area (Å²) in [6.45, 7) is 4.85. The van der Waals surface area contributed by atoms with Crippen molar-refractivity contribution in [1.29, 1.82) is 0 Å². The highest BCUT2D eigenvalue weighted by atomic mass is 16.5. The summed E-state index contributed by atoms with van der Waals surface area (Å²) in [6, 6.07) is 5.18. The Morgan fingerprint density at radius 2 is 2.03 bits per heavy atom. The number of carbonyl (C=O) groups excluding carboxylic acids is 2. The van der Waals surface area contributed by atoms with Crippen molar-refractivity contribution in [1.82, 2.24) is 20.5 Å². The molecule has 0 spiro atoms. The van der Waals surface area contributed by atoms with Gasteiger partial charge in [0.1, 0.15) is 6.10 Å². The molecule has 31 heavy (non-hydrogen) atoms. The van der Waals surface area contributed by atoms with Gasteiger partial charge in [-0.05, 0) is 37.9 Å². The Hall–Kier alpha value is -2.07. The van der Waals surface area contributed by atoms with Crippen LogP contribution in [0.2, 0.25) is 0 Å². The summed E-state index contributed by atoms with van der Waals surface area (Å²) < 4.78 is 11.2. The van der Waals surface area contributed by atoms with Gasteiger partial charge in [-0.3, -0.25) is 19.5 Å². The van der Waals surface area contributed by atoms with Crippen molar-refractivity contribution in [3.8, 4) is 0 Å². The Kier molecular flexibility index (Phi) is 9.67. The van der Waals surface area contributed by atoms with Gasteiger partial charge in [-0.1, -0.05) is 6.07 Å². The first kappa shape index (κ1) is 23.6. The molecule has 3 heterocycles. The smallest absolute Gasteiger partial charge is 0.226 e. The second kappa shape index (κ2) is 12.7. The van der Waals surface area contributed by atoms with Gasteiger partial charge in [0.05, 0.1) is 44.8 Å². The van der Waals surface area contributed by atoms with Crippen molar-refractivity contribution in [2.45, 2.75) is 50.4 Å². The van der Waals surface area contributed by atoms with Gasteiger partial charge in [0.25, 0.3) is 0 Å². The standard InChI is InChI=1S/C22H34N4O5/c27-16-20-19(25-22(29)14-17-4-1-2-7-23-17)6-5-18(31-20)15-21(28)24-8-3-9-26-10-12-30-13-11-26/h1-2,4,7,18-20,27H,3,5-6,8-16H2,(H,24,28)(H,25,29)/t18-,19-,20+/m0/s1. The first-order valence-electron chi connectivity index (χ1n) is 11.2. The summed E-state index contributed by atoms with van der Waals surface area (Å²) in [7, 11) is 0. The number of nitrogens with zero attached hydrogens (tertiary/aromatic N) is 2. The third-order valence-electron chi connectivity index (χ3n) is 5.70. The molecule has 3 N–H and O–H groups in total. The van der Waals surface area contributed by atoms with E-state index in [1.54, 1.807) is 18.3 Å². The average Bonchev–Trinajstić information content (AvgIpc) is 2.79. The van der Waals surface area contributed by atoms with Crippen LogP contribution in [-0.2, 0) is 25.5 Å². The molecule has 0 radical (unpaired) electrons. The second-order valence-electron chi connectivity index (χ2n) is 8.09. The highest BCUT2D eigenvalue weighted by Gasteiger charge is 2.32. The predicted octanol–water partition coefficient (Wildman–Crippen LogP) is -0.123. The molecule has 0 aliphatic carbocycles. The molecule has 1 aromatic rings. The molecule has 0 bridgehead atoms. The van der Waals surface area contributed by atoms with Gasteiger partial charge in [0.15, 0.2) is 0 Å². The van der Waals surface area contributed by atoms with Crippen molar-refractivity contribution >= 4 is 11.8 Å². The van der Waals surface area contributed by atoms with E-state index in [0.717, 1.165) is 39.3 Å². The topological polar surface area (TPSA) is 113 Å². The molecule has 3 rings (SSSR count). The largest absolute Gasteiger partial charge is 0.394 e. The summed E-state index contributed by atoms with van der Waals surface area (Å²) in [5.74, 6) is -0.191. The number of hydrogen-bond acceptors (Lipinski definition) is 7. The average molecular weight is 435 g/mol. The number of nitrogens with one attached hydrogen (secondary N) is 2. The molecule has 3 atom stereocenters. The fourth-order valence-electron chi connectivity index (χ4n) is 4.01. The van der Waals surface area contributed by atoms with E-state index in [1.807, 2.05) is 6.07 Å². The Morgan fingerprint density at radius 1 is 1.19 bits per heavy atom. The number of hydrogen-bond donors (Lipinski definition) is 3. The van der Waals surface area contributed by atoms with Crippen LogP contribution in [0.3, 0.4) is 0 Å². The summed E-state index contributed by atoms with van der Waals surface area (Å²) >= 11 is 0. The molecule has 0 unspecified atom stereocenters. The van der Waals surface area contributed by atoms with Crippen LogP contribution in [0.1, 0.15) is 31.4 Å². The summed E-state index contributed by atoms with van der Waals surface area (Å²) in [5, 5.41) is 15.6. The molecule has 2 amide bonds. The number of ether oxygens (including phenoxy) is 2. The van der Waals surface area contributed by atoms with Crippen molar-refractivity contribution in [3.05, 3.63) is 30.1 Å². The van der Waals surface area contributed by atoms with Gasteiger partial charge in [0, 0.05) is 31.5 Å². The lowest BCUT2D eigenvalue weighted by Crippen LogP contribution is -2.51. The van der Waals surface area contributed by atoms with Gasteiger partial charge in [0.2, 0.25) is 11.8 Å². The molecular formula is C22H34N4O5. The van der Waals surface area contributed by atoms with Gasteiger partial charge >= 0.3 is 0 Å². The fraction of sp³-hybridized carbons (Fsp3) is 0.682. The molecule has 1 aromatic heterocycles. The van der Waals surface area contributed by atoms with Crippen LogP contribution in [0.5, 0.6) is 0 Å². The number of aromatic nitrogens is 1. The summed E-state index contributed by atoms with van der Waals surface area (Å²) in [4.78, 5) is 31.1. The first-order chi connectivity index (χ1) is 15.1. The van der Waals surface area contributed by atoms with E-state index in [9.17, 15) is 14.7 Å². The maximum Gasteiger partial charge on any atom is 0.226 e. The molecule has 2 saturated heterocycles. The van der Waals surface area contributed by atoms with Crippen LogP contribution in [0.25, 0.3) is 0 Å². The highest BCUT2D eigenvalue weighted by molar-refractivity contribution is 5.78. The van der Waals surface area contributed by atoms with E-state index in [0.29, 0.717) is 25.1 Å². The minimum Gasteiger partial charge on any atom is -0.394 e. The second-order valence-corrected chi connectivity index (χ2v) is 8.09. The van der Waals surface area contributed by atoms with Crippen molar-refractivity contribution in [2.24, 2.45) is 0 Å². The molecule has 0 saturated carbocycles. The van der Waals surface area contributed by atoms with Gasteiger partial charge in [-0.25, -0.2) is 0 Å². The number of pyridine rings is 1. The monoisotopic (exact) mass is 434 g/mol. The lowest BCUT2D eigenvalue weighted by Gasteiger charge is -2.36. The van der Waals surface area contributed by atoms with E-state index in [1.165, 1.54) is 0 Å². The lowest BCUT2D eigenvalue weighted by molar-refractivity contribution is -0.135. The molecule has 172 valence electrons. The van der Waals surface area contributed by atoms with Crippen LogP contribution >= 0.6 is 0 Å². The van der Waals surface area contributed by atoms with Crippen LogP contribution in [0.15, 0.2) is 24.4 Å². The van der Waals surface area contributed by atoms with E-state index in [2.05, 4.69) is 20.5 Å². The van der Waals surface area contributed by atoms with Crippen LogP contribution in [0.4, 0.5) is 0 Å². The van der Waals surface area contributed by atoms with Crippen LogP contribution in [-0.4, -0.2) is 91.1 Å². The van der Waals surface area contributed by atoms with Crippen LogP contribution < -0.4 is 10.6 Å². The first-order valence-corrected chi connectivity index (χ1v) is 11.2. The normalized spacial score (nSPS) is 24.5. The molecule has 2 aliphatic heterocycles. The molecule has 2 aliphatic rings. The van der Waals surface area contributed by atoms with E-state index >= 15 is 0 Å². The van der Waals surface area contributed by atoms with E-state index in [4.69, 9.17) is 9.47 Å². The molecule has 9 nitrogen and oxygen atoms in total. The Labute approximate surface area is 183 Å². The SMILES string of the molecule is O=C(C[C@@H]1CC[C@H](NC(=O)Cc2ccccn2)[C@@H](CO)O1)NCCCN1CCOCC1. The van der Waals surface area contributed by atoms with Gasteiger partial charge in [-0.2, -0.15) is 0 Å². The zero-order valence-electron chi connectivity index (χ0n) is 18.0. The Balaban J connectivity index is 1.33. The fourth-order valence-corrected chi connectivity index (χ4v) is 4.01. The molecule has 9 heteroatoms. The molecule has 2 fully saturated rings. The number of rotatable bonds is 10. The van der Waals surface area contributed by atoms with Crippen molar-refractivity contribution in [2.75, 3.05) is 46.0 Å². The predicted molar refractivity (Wildman–Crippen MR) is 114 cm³/mol. The maximum absolute atomic E-state index is 12.3. The zero-order valence-corrected chi connectivity index (χ0v) is 18.0. The summed E-state index contributed by atoms with van der Waals surface area (Å²) in [6.07, 6.45) is 3.57. The van der Waals surface area contributed by atoms with E-state index in [-0.39, 0.29) is 43.4 Å². The highest BCUT2D eigenvalue weighted by Crippen LogP contribution is 2.22.